The maximum absolute atomic E-state index is 12.7. The first-order valence-electron chi connectivity index (χ1n) is 7.66. The van der Waals surface area contributed by atoms with Gasteiger partial charge in [0, 0.05) is 18.6 Å². The van der Waals surface area contributed by atoms with Crippen molar-refractivity contribution in [1.29, 1.82) is 0 Å². The number of nitrogens with one attached hydrogen (secondary N) is 1. The summed E-state index contributed by atoms with van der Waals surface area (Å²) in [6.07, 6.45) is 0.740. The second kappa shape index (κ2) is 7.92. The van der Waals surface area contributed by atoms with E-state index < -0.39 is 0 Å². The van der Waals surface area contributed by atoms with Gasteiger partial charge in [-0.05, 0) is 31.5 Å². The van der Waals surface area contributed by atoms with Gasteiger partial charge >= 0.3 is 0 Å². The summed E-state index contributed by atoms with van der Waals surface area (Å²) in [5, 5.41) is 11.6. The first kappa shape index (κ1) is 17.9. The van der Waals surface area contributed by atoms with Crippen LogP contribution in [0.5, 0.6) is 0 Å². The van der Waals surface area contributed by atoms with Crippen molar-refractivity contribution in [3.63, 3.8) is 0 Å². The zero-order valence-electron chi connectivity index (χ0n) is 13.9. The highest BCUT2D eigenvalue weighted by atomic mass is 35.5. The minimum Gasteiger partial charge on any atom is -0.358 e. The summed E-state index contributed by atoms with van der Waals surface area (Å²) in [5.74, 6) is -0.539. The number of rotatable bonds is 6. The quantitative estimate of drug-likeness (QED) is 0.862. The molecule has 24 heavy (non-hydrogen) atoms. The third-order valence-electron chi connectivity index (χ3n) is 3.42. The Kier molecular flexibility index (Phi) is 5.92. The van der Waals surface area contributed by atoms with Gasteiger partial charge in [-0.25, -0.2) is 0 Å². The SMILES string of the molecule is CCCN(CC(=O)NC)C(=O)c1nn(-c2cccc(Cl)c2)nc1C. The van der Waals surface area contributed by atoms with Crippen LogP contribution in [0.4, 0.5) is 0 Å². The van der Waals surface area contributed by atoms with Crippen LogP contribution in [0.1, 0.15) is 29.5 Å². The van der Waals surface area contributed by atoms with E-state index in [0.29, 0.717) is 22.9 Å². The summed E-state index contributed by atoms with van der Waals surface area (Å²) in [7, 11) is 1.54. The predicted octanol–water partition coefficient (Wildman–Crippen LogP) is 1.83. The molecule has 2 rings (SSSR count). The van der Waals surface area contributed by atoms with E-state index in [1.54, 1.807) is 31.2 Å². The Morgan fingerprint density at radius 1 is 1.33 bits per heavy atom. The Balaban J connectivity index is 2.30. The number of aromatic nitrogens is 3. The summed E-state index contributed by atoms with van der Waals surface area (Å²) in [6, 6.07) is 7.05. The van der Waals surface area contributed by atoms with Gasteiger partial charge in [0.15, 0.2) is 5.69 Å². The highest BCUT2D eigenvalue weighted by Crippen LogP contribution is 2.15. The Hall–Kier alpha value is -2.41. The van der Waals surface area contributed by atoms with Crippen molar-refractivity contribution in [3.8, 4) is 5.69 Å². The molecule has 1 N–H and O–H groups in total. The zero-order valence-corrected chi connectivity index (χ0v) is 14.7. The number of hydrogen-bond acceptors (Lipinski definition) is 4. The van der Waals surface area contributed by atoms with Crippen LogP contribution in [-0.4, -0.2) is 51.8 Å². The van der Waals surface area contributed by atoms with Crippen LogP contribution < -0.4 is 5.32 Å². The van der Waals surface area contributed by atoms with Gasteiger partial charge in [0.25, 0.3) is 5.91 Å². The molecule has 0 aliphatic heterocycles. The van der Waals surface area contributed by atoms with Crippen molar-refractivity contribution in [2.45, 2.75) is 20.3 Å². The topological polar surface area (TPSA) is 80.1 Å². The number of carbonyl (C=O) groups is 2. The van der Waals surface area contributed by atoms with Crippen molar-refractivity contribution in [1.82, 2.24) is 25.2 Å². The van der Waals surface area contributed by atoms with Crippen LogP contribution in [0.3, 0.4) is 0 Å². The molecule has 8 heteroatoms. The molecule has 128 valence electrons. The van der Waals surface area contributed by atoms with E-state index >= 15 is 0 Å². The number of amides is 2. The third-order valence-corrected chi connectivity index (χ3v) is 3.65. The molecule has 0 spiro atoms. The van der Waals surface area contributed by atoms with Crippen molar-refractivity contribution < 1.29 is 9.59 Å². The maximum Gasteiger partial charge on any atom is 0.276 e. The summed E-state index contributed by atoms with van der Waals surface area (Å²) in [6.45, 7) is 4.12. The van der Waals surface area contributed by atoms with Gasteiger partial charge in [-0.1, -0.05) is 24.6 Å². The van der Waals surface area contributed by atoms with Crippen LogP contribution in [0.25, 0.3) is 5.69 Å². The molecule has 0 aliphatic carbocycles. The Morgan fingerprint density at radius 2 is 2.08 bits per heavy atom. The molecule has 7 nitrogen and oxygen atoms in total. The molecule has 0 aliphatic rings. The van der Waals surface area contributed by atoms with Gasteiger partial charge in [0.05, 0.1) is 17.9 Å². The molecule has 0 saturated heterocycles. The van der Waals surface area contributed by atoms with Crippen molar-refractivity contribution in [3.05, 3.63) is 40.7 Å². The van der Waals surface area contributed by atoms with E-state index in [1.807, 2.05) is 6.92 Å². The molecule has 0 unspecified atom stereocenters. The minimum absolute atomic E-state index is 0.00730. The fraction of sp³-hybridized carbons (Fsp3) is 0.375. The highest BCUT2D eigenvalue weighted by molar-refractivity contribution is 6.30. The molecular weight excluding hydrogens is 330 g/mol. The molecule has 0 fully saturated rings. The lowest BCUT2D eigenvalue weighted by atomic mass is 10.3. The number of carbonyl (C=O) groups excluding carboxylic acids is 2. The first-order chi connectivity index (χ1) is 11.5. The van der Waals surface area contributed by atoms with E-state index in [-0.39, 0.29) is 24.1 Å². The van der Waals surface area contributed by atoms with E-state index in [9.17, 15) is 9.59 Å². The van der Waals surface area contributed by atoms with Crippen molar-refractivity contribution in [2.75, 3.05) is 20.1 Å². The molecule has 1 aromatic heterocycles. The van der Waals surface area contributed by atoms with Gasteiger partial charge in [-0.3, -0.25) is 9.59 Å². The molecule has 0 atom stereocenters. The Morgan fingerprint density at radius 3 is 2.71 bits per heavy atom. The fourth-order valence-corrected chi connectivity index (χ4v) is 2.40. The van der Waals surface area contributed by atoms with E-state index in [0.717, 1.165) is 6.42 Å². The van der Waals surface area contributed by atoms with E-state index in [1.165, 1.54) is 16.7 Å². The number of nitrogens with zero attached hydrogens (tertiary/aromatic N) is 4. The predicted molar refractivity (Wildman–Crippen MR) is 91.4 cm³/mol. The van der Waals surface area contributed by atoms with E-state index in [4.69, 9.17) is 11.6 Å². The van der Waals surface area contributed by atoms with Crippen LogP contribution >= 0.6 is 11.6 Å². The lowest BCUT2D eigenvalue weighted by Crippen LogP contribution is -2.40. The first-order valence-corrected chi connectivity index (χ1v) is 8.03. The molecule has 1 heterocycles. The van der Waals surface area contributed by atoms with Crippen LogP contribution in [0.15, 0.2) is 24.3 Å². The molecular formula is C16H20ClN5O2. The van der Waals surface area contributed by atoms with Crippen LogP contribution in [0, 0.1) is 6.92 Å². The molecule has 0 bridgehead atoms. The molecule has 2 amide bonds. The number of likely N-dealkylation sites (N-methyl/N-ethyl adjacent to an activating group) is 1. The largest absolute Gasteiger partial charge is 0.358 e. The number of aryl methyl sites for hydroxylation is 1. The number of hydrogen-bond donors (Lipinski definition) is 1. The number of halogens is 1. The Bertz CT molecular complexity index is 744. The average Bonchev–Trinajstić information content (AvgIpc) is 2.95. The van der Waals surface area contributed by atoms with Crippen LogP contribution in [0.2, 0.25) is 5.02 Å². The summed E-state index contributed by atoms with van der Waals surface area (Å²) in [5.41, 5.74) is 1.39. The normalized spacial score (nSPS) is 10.5. The second-order valence-electron chi connectivity index (χ2n) is 5.30. The van der Waals surface area contributed by atoms with Crippen molar-refractivity contribution in [2.24, 2.45) is 0 Å². The molecule has 2 aromatic rings. The highest BCUT2D eigenvalue weighted by Gasteiger charge is 2.23. The Labute approximate surface area is 145 Å². The summed E-state index contributed by atoms with van der Waals surface area (Å²) >= 11 is 5.98. The number of benzene rings is 1. The third kappa shape index (κ3) is 4.11. The second-order valence-corrected chi connectivity index (χ2v) is 5.74. The average molecular weight is 350 g/mol. The molecule has 0 saturated carbocycles. The maximum atomic E-state index is 12.7. The van der Waals surface area contributed by atoms with Gasteiger partial charge in [-0.2, -0.15) is 9.90 Å². The smallest absolute Gasteiger partial charge is 0.276 e. The van der Waals surface area contributed by atoms with Gasteiger partial charge < -0.3 is 10.2 Å². The fourth-order valence-electron chi connectivity index (χ4n) is 2.22. The summed E-state index contributed by atoms with van der Waals surface area (Å²) in [4.78, 5) is 27.2. The monoisotopic (exact) mass is 349 g/mol. The van der Waals surface area contributed by atoms with Crippen LogP contribution in [-0.2, 0) is 4.79 Å². The lowest BCUT2D eigenvalue weighted by molar-refractivity contribution is -0.121. The van der Waals surface area contributed by atoms with E-state index in [2.05, 4.69) is 15.5 Å². The lowest BCUT2D eigenvalue weighted by Gasteiger charge is -2.20. The van der Waals surface area contributed by atoms with Gasteiger partial charge in [-0.15, -0.1) is 5.10 Å². The zero-order chi connectivity index (χ0) is 17.7. The standard InChI is InChI=1S/C16H20ClN5O2/c1-4-8-21(10-14(23)18-3)16(24)15-11(2)19-22(20-15)13-7-5-6-12(17)9-13/h5-7,9H,4,8,10H2,1-3H3,(H,18,23). The molecule has 1 aromatic carbocycles. The van der Waals surface area contributed by atoms with Crippen molar-refractivity contribution >= 4 is 23.4 Å². The van der Waals surface area contributed by atoms with Gasteiger partial charge in [0.1, 0.15) is 0 Å². The van der Waals surface area contributed by atoms with Gasteiger partial charge in [0.2, 0.25) is 5.91 Å². The minimum atomic E-state index is -0.314. The molecule has 0 radical (unpaired) electrons. The summed E-state index contributed by atoms with van der Waals surface area (Å²) < 4.78 is 0.